The zero-order chi connectivity index (χ0) is 13.7. The number of rotatable bonds is 6. The van der Waals surface area contributed by atoms with Gasteiger partial charge in [0.25, 0.3) is 0 Å². The summed E-state index contributed by atoms with van der Waals surface area (Å²) in [5.74, 6) is 0.346. The molecule has 1 atom stereocenters. The SMILES string of the molecule is CC(CNc1ccc(C(=O)O)cn1)CN1CCCC1. The molecule has 2 rings (SSSR count). The van der Waals surface area contributed by atoms with E-state index >= 15 is 0 Å². The molecule has 0 aromatic carbocycles. The quantitative estimate of drug-likeness (QED) is 0.821. The van der Waals surface area contributed by atoms with Gasteiger partial charge in [-0.05, 0) is 44.0 Å². The Labute approximate surface area is 113 Å². The molecule has 5 heteroatoms. The van der Waals surface area contributed by atoms with Crippen LogP contribution in [0.15, 0.2) is 18.3 Å². The van der Waals surface area contributed by atoms with Gasteiger partial charge in [0.05, 0.1) is 5.56 Å². The van der Waals surface area contributed by atoms with Crippen LogP contribution < -0.4 is 5.32 Å². The van der Waals surface area contributed by atoms with Crippen LogP contribution in [0.25, 0.3) is 0 Å². The minimum atomic E-state index is -0.943. The van der Waals surface area contributed by atoms with Crippen molar-refractivity contribution in [1.29, 1.82) is 0 Å². The maximum absolute atomic E-state index is 10.7. The summed E-state index contributed by atoms with van der Waals surface area (Å²) in [5.41, 5.74) is 0.218. The summed E-state index contributed by atoms with van der Waals surface area (Å²) >= 11 is 0. The molecule has 5 nitrogen and oxygen atoms in total. The molecular formula is C14H21N3O2. The summed E-state index contributed by atoms with van der Waals surface area (Å²) in [6, 6.07) is 3.29. The summed E-state index contributed by atoms with van der Waals surface area (Å²) in [5, 5.41) is 12.0. The summed E-state index contributed by atoms with van der Waals surface area (Å²) < 4.78 is 0. The molecule has 1 aliphatic rings. The molecule has 2 N–H and O–H groups in total. The summed E-state index contributed by atoms with van der Waals surface area (Å²) in [6.07, 6.45) is 4.02. The van der Waals surface area contributed by atoms with E-state index < -0.39 is 5.97 Å². The lowest BCUT2D eigenvalue weighted by atomic mass is 10.1. The van der Waals surface area contributed by atoms with Gasteiger partial charge in [-0.2, -0.15) is 0 Å². The lowest BCUT2D eigenvalue weighted by Gasteiger charge is -2.20. The standard InChI is InChI=1S/C14H21N3O2/c1-11(10-17-6-2-3-7-17)8-15-13-5-4-12(9-16-13)14(18)19/h4-5,9,11H,2-3,6-8,10H2,1H3,(H,15,16)(H,18,19). The molecule has 0 saturated carbocycles. The molecule has 0 aliphatic carbocycles. The Kier molecular flexibility index (Phi) is 4.74. The van der Waals surface area contributed by atoms with Crippen molar-refractivity contribution in [3.8, 4) is 0 Å². The van der Waals surface area contributed by atoms with E-state index in [1.54, 1.807) is 12.1 Å². The van der Waals surface area contributed by atoms with Crippen LogP contribution in [0.3, 0.4) is 0 Å². The third-order valence-corrected chi connectivity index (χ3v) is 3.41. The Morgan fingerprint density at radius 2 is 2.21 bits per heavy atom. The van der Waals surface area contributed by atoms with Gasteiger partial charge in [-0.3, -0.25) is 0 Å². The van der Waals surface area contributed by atoms with Crippen molar-refractivity contribution < 1.29 is 9.90 Å². The van der Waals surface area contributed by atoms with Gasteiger partial charge in [0.15, 0.2) is 0 Å². The maximum Gasteiger partial charge on any atom is 0.337 e. The molecule has 0 amide bonds. The smallest absolute Gasteiger partial charge is 0.337 e. The molecule has 1 aliphatic heterocycles. The number of aromatic nitrogens is 1. The average molecular weight is 263 g/mol. The highest BCUT2D eigenvalue weighted by Crippen LogP contribution is 2.11. The van der Waals surface area contributed by atoms with E-state index in [1.807, 2.05) is 0 Å². The molecule has 1 aromatic rings. The largest absolute Gasteiger partial charge is 0.478 e. The van der Waals surface area contributed by atoms with Crippen molar-refractivity contribution in [1.82, 2.24) is 9.88 Å². The van der Waals surface area contributed by atoms with Crippen molar-refractivity contribution in [2.24, 2.45) is 5.92 Å². The van der Waals surface area contributed by atoms with E-state index in [-0.39, 0.29) is 5.56 Å². The Morgan fingerprint density at radius 3 is 2.79 bits per heavy atom. The second-order valence-electron chi connectivity index (χ2n) is 5.23. The van der Waals surface area contributed by atoms with E-state index in [9.17, 15) is 4.79 Å². The fourth-order valence-electron chi connectivity index (χ4n) is 2.37. The monoisotopic (exact) mass is 263 g/mol. The first-order valence-corrected chi connectivity index (χ1v) is 6.80. The van der Waals surface area contributed by atoms with Gasteiger partial charge in [0.1, 0.15) is 5.82 Å². The van der Waals surface area contributed by atoms with Crippen LogP contribution in [-0.2, 0) is 0 Å². The highest BCUT2D eigenvalue weighted by atomic mass is 16.4. The van der Waals surface area contributed by atoms with E-state index in [0.29, 0.717) is 5.92 Å². The van der Waals surface area contributed by atoms with Gasteiger partial charge in [0, 0.05) is 19.3 Å². The van der Waals surface area contributed by atoms with Gasteiger partial charge in [-0.25, -0.2) is 9.78 Å². The molecular weight excluding hydrogens is 242 g/mol. The number of nitrogens with one attached hydrogen (secondary N) is 1. The van der Waals surface area contributed by atoms with Crippen molar-refractivity contribution >= 4 is 11.8 Å². The van der Waals surface area contributed by atoms with E-state index in [2.05, 4.69) is 22.1 Å². The Balaban J connectivity index is 1.76. The summed E-state index contributed by atoms with van der Waals surface area (Å²) in [7, 11) is 0. The second kappa shape index (κ2) is 6.52. The molecule has 1 unspecified atom stereocenters. The number of carboxylic acid groups (broad SMARTS) is 1. The van der Waals surface area contributed by atoms with Gasteiger partial charge >= 0.3 is 5.97 Å². The van der Waals surface area contributed by atoms with Crippen LogP contribution >= 0.6 is 0 Å². The first-order valence-electron chi connectivity index (χ1n) is 6.80. The van der Waals surface area contributed by atoms with Crippen LogP contribution in [0.5, 0.6) is 0 Å². The predicted octanol–water partition coefficient (Wildman–Crippen LogP) is 1.92. The molecule has 0 spiro atoms. The maximum atomic E-state index is 10.7. The third kappa shape index (κ3) is 4.21. The molecule has 1 saturated heterocycles. The molecule has 104 valence electrons. The van der Waals surface area contributed by atoms with Crippen LogP contribution in [0, 0.1) is 5.92 Å². The number of nitrogens with zero attached hydrogens (tertiary/aromatic N) is 2. The number of aromatic carboxylic acids is 1. The van der Waals surface area contributed by atoms with Crippen molar-refractivity contribution in [2.75, 3.05) is 31.5 Å². The Hall–Kier alpha value is -1.62. The molecule has 19 heavy (non-hydrogen) atoms. The number of hydrogen-bond donors (Lipinski definition) is 2. The van der Waals surface area contributed by atoms with Crippen LogP contribution in [0.2, 0.25) is 0 Å². The van der Waals surface area contributed by atoms with Crippen molar-refractivity contribution in [3.05, 3.63) is 23.9 Å². The van der Waals surface area contributed by atoms with Gasteiger partial charge < -0.3 is 15.3 Å². The van der Waals surface area contributed by atoms with Crippen LogP contribution in [-0.4, -0.2) is 47.1 Å². The average Bonchev–Trinajstić information content (AvgIpc) is 2.89. The second-order valence-corrected chi connectivity index (χ2v) is 5.23. The number of anilines is 1. The van der Waals surface area contributed by atoms with Crippen molar-refractivity contribution in [3.63, 3.8) is 0 Å². The Bertz CT molecular complexity index is 413. The molecule has 2 heterocycles. The van der Waals surface area contributed by atoms with Crippen molar-refractivity contribution in [2.45, 2.75) is 19.8 Å². The highest BCUT2D eigenvalue weighted by molar-refractivity contribution is 5.87. The van der Waals surface area contributed by atoms with Crippen LogP contribution in [0.4, 0.5) is 5.82 Å². The van der Waals surface area contributed by atoms with E-state index in [0.717, 1.165) is 18.9 Å². The van der Waals surface area contributed by atoms with Gasteiger partial charge in [-0.15, -0.1) is 0 Å². The fraction of sp³-hybridized carbons (Fsp3) is 0.571. The summed E-state index contributed by atoms with van der Waals surface area (Å²) in [4.78, 5) is 17.3. The molecule has 1 fully saturated rings. The molecule has 0 bridgehead atoms. The number of pyridine rings is 1. The lowest BCUT2D eigenvalue weighted by Crippen LogP contribution is -2.29. The minimum absolute atomic E-state index is 0.218. The van der Waals surface area contributed by atoms with Gasteiger partial charge in [-0.1, -0.05) is 6.92 Å². The molecule has 0 radical (unpaired) electrons. The van der Waals surface area contributed by atoms with Crippen LogP contribution in [0.1, 0.15) is 30.1 Å². The predicted molar refractivity (Wildman–Crippen MR) is 74.5 cm³/mol. The number of likely N-dealkylation sites (tertiary alicyclic amines) is 1. The zero-order valence-corrected chi connectivity index (χ0v) is 11.3. The normalized spacial score (nSPS) is 17.3. The van der Waals surface area contributed by atoms with Gasteiger partial charge in [0.2, 0.25) is 0 Å². The Morgan fingerprint density at radius 1 is 1.47 bits per heavy atom. The highest BCUT2D eigenvalue weighted by Gasteiger charge is 2.14. The first kappa shape index (κ1) is 13.8. The molecule has 1 aromatic heterocycles. The number of carboxylic acids is 1. The summed E-state index contributed by atoms with van der Waals surface area (Å²) in [6.45, 7) is 6.62. The minimum Gasteiger partial charge on any atom is -0.478 e. The lowest BCUT2D eigenvalue weighted by molar-refractivity contribution is 0.0696. The van der Waals surface area contributed by atoms with E-state index in [4.69, 9.17) is 5.11 Å². The third-order valence-electron chi connectivity index (χ3n) is 3.41. The topological polar surface area (TPSA) is 65.5 Å². The van der Waals surface area contributed by atoms with E-state index in [1.165, 1.54) is 32.1 Å². The number of carbonyl (C=O) groups is 1. The fourth-order valence-corrected chi connectivity index (χ4v) is 2.37. The first-order chi connectivity index (χ1) is 9.15. The zero-order valence-electron chi connectivity index (χ0n) is 11.3. The number of hydrogen-bond acceptors (Lipinski definition) is 4.